The molecule has 2 amide bonds. The molecule has 1 N–H and O–H groups in total. The first-order valence-electron chi connectivity index (χ1n) is 5.19. The summed E-state index contributed by atoms with van der Waals surface area (Å²) in [5, 5.41) is 3.09. The number of carbonyl (C=O) groups is 2. The third-order valence-electron chi connectivity index (χ3n) is 2.46. The topological polar surface area (TPSA) is 58.6 Å². The van der Waals surface area contributed by atoms with Gasteiger partial charge >= 0.3 is 0 Å². The molecule has 5 nitrogen and oxygen atoms in total. The van der Waals surface area contributed by atoms with Gasteiger partial charge in [-0.2, -0.15) is 0 Å². The lowest BCUT2D eigenvalue weighted by molar-refractivity contribution is -0.138. The summed E-state index contributed by atoms with van der Waals surface area (Å²) in [7, 11) is 1.61. The molecule has 1 aliphatic rings. The van der Waals surface area contributed by atoms with Crippen LogP contribution in [0, 0.1) is 0 Å². The molecule has 1 fully saturated rings. The van der Waals surface area contributed by atoms with Crippen LogP contribution in [0.3, 0.4) is 0 Å². The van der Waals surface area contributed by atoms with Gasteiger partial charge in [0.1, 0.15) is 0 Å². The van der Waals surface area contributed by atoms with Crippen molar-refractivity contribution in [1.29, 1.82) is 0 Å². The van der Waals surface area contributed by atoms with Crippen LogP contribution in [0.15, 0.2) is 0 Å². The van der Waals surface area contributed by atoms with E-state index in [0.717, 1.165) is 0 Å². The number of ether oxygens (including phenoxy) is 1. The second-order valence-corrected chi connectivity index (χ2v) is 3.76. The lowest BCUT2D eigenvalue weighted by Crippen LogP contribution is -2.44. The van der Waals surface area contributed by atoms with Gasteiger partial charge in [0, 0.05) is 19.7 Å². The summed E-state index contributed by atoms with van der Waals surface area (Å²) in [4.78, 5) is 24.4. The normalized spacial score (nSPS) is 23.7. The minimum atomic E-state index is -0.373. The number of imide groups is 1. The first-order valence-corrected chi connectivity index (χ1v) is 5.19. The Morgan fingerprint density at radius 2 is 2.27 bits per heavy atom. The molecule has 0 saturated carbocycles. The van der Waals surface area contributed by atoms with E-state index in [-0.39, 0.29) is 30.3 Å². The number of hydrogen-bond acceptors (Lipinski definition) is 4. The van der Waals surface area contributed by atoms with Crippen LogP contribution in [-0.2, 0) is 14.3 Å². The minimum absolute atomic E-state index is 0.0774. The summed E-state index contributed by atoms with van der Waals surface area (Å²) in [6.45, 7) is 4.71. The van der Waals surface area contributed by atoms with Crippen molar-refractivity contribution >= 4 is 11.8 Å². The first kappa shape index (κ1) is 12.1. The Morgan fingerprint density at radius 1 is 1.60 bits per heavy atom. The van der Waals surface area contributed by atoms with Crippen LogP contribution in [0.1, 0.15) is 20.3 Å². The summed E-state index contributed by atoms with van der Waals surface area (Å²) >= 11 is 0. The van der Waals surface area contributed by atoms with Gasteiger partial charge in [0.05, 0.1) is 19.1 Å². The summed E-state index contributed by atoms with van der Waals surface area (Å²) in [5.74, 6) is -0.213. The molecule has 0 aromatic rings. The SMILES string of the molecule is CCN1C(=O)CC(NC(C)COC)C1=O. The van der Waals surface area contributed by atoms with Gasteiger partial charge in [-0.25, -0.2) is 0 Å². The maximum absolute atomic E-state index is 11.7. The number of hydrogen-bond donors (Lipinski definition) is 1. The van der Waals surface area contributed by atoms with Crippen LogP contribution in [0.2, 0.25) is 0 Å². The van der Waals surface area contributed by atoms with Crippen molar-refractivity contribution in [3.8, 4) is 0 Å². The number of methoxy groups -OCH3 is 1. The van der Waals surface area contributed by atoms with Crippen molar-refractivity contribution in [2.24, 2.45) is 0 Å². The Hall–Kier alpha value is -0.940. The highest BCUT2D eigenvalue weighted by atomic mass is 16.5. The van der Waals surface area contributed by atoms with Gasteiger partial charge in [-0.3, -0.25) is 14.5 Å². The van der Waals surface area contributed by atoms with Gasteiger partial charge in [0.25, 0.3) is 0 Å². The zero-order valence-corrected chi connectivity index (χ0v) is 9.45. The van der Waals surface area contributed by atoms with Crippen LogP contribution >= 0.6 is 0 Å². The fourth-order valence-electron chi connectivity index (χ4n) is 1.79. The zero-order valence-electron chi connectivity index (χ0n) is 9.45. The van der Waals surface area contributed by atoms with Crippen LogP contribution in [0.5, 0.6) is 0 Å². The fourth-order valence-corrected chi connectivity index (χ4v) is 1.79. The molecular formula is C10H18N2O3. The van der Waals surface area contributed by atoms with E-state index in [1.807, 2.05) is 6.92 Å². The van der Waals surface area contributed by atoms with Crippen LogP contribution in [0.25, 0.3) is 0 Å². The van der Waals surface area contributed by atoms with E-state index in [1.54, 1.807) is 14.0 Å². The van der Waals surface area contributed by atoms with Crippen molar-refractivity contribution < 1.29 is 14.3 Å². The molecule has 1 aliphatic heterocycles. The van der Waals surface area contributed by atoms with Crippen LogP contribution in [0.4, 0.5) is 0 Å². The molecule has 86 valence electrons. The summed E-state index contributed by atoms with van der Waals surface area (Å²) in [5.41, 5.74) is 0. The molecule has 15 heavy (non-hydrogen) atoms. The van der Waals surface area contributed by atoms with Crippen molar-refractivity contribution in [3.63, 3.8) is 0 Å². The number of likely N-dealkylation sites (N-methyl/N-ethyl adjacent to an activating group) is 1. The van der Waals surface area contributed by atoms with Crippen molar-refractivity contribution in [2.75, 3.05) is 20.3 Å². The molecule has 0 aromatic heterocycles. The number of amides is 2. The van der Waals surface area contributed by atoms with E-state index in [4.69, 9.17) is 4.74 Å². The average Bonchev–Trinajstić information content (AvgIpc) is 2.42. The molecule has 0 bridgehead atoms. The summed E-state index contributed by atoms with van der Waals surface area (Å²) < 4.78 is 4.96. The zero-order chi connectivity index (χ0) is 11.4. The summed E-state index contributed by atoms with van der Waals surface area (Å²) in [6.07, 6.45) is 0.265. The Balaban J connectivity index is 2.51. The molecule has 1 saturated heterocycles. The number of rotatable bonds is 5. The molecule has 2 unspecified atom stereocenters. The van der Waals surface area contributed by atoms with Crippen molar-refractivity contribution in [2.45, 2.75) is 32.4 Å². The molecule has 0 radical (unpaired) electrons. The number of likely N-dealkylation sites (tertiary alicyclic amines) is 1. The number of nitrogens with one attached hydrogen (secondary N) is 1. The van der Waals surface area contributed by atoms with Gasteiger partial charge in [-0.15, -0.1) is 0 Å². The molecule has 5 heteroatoms. The van der Waals surface area contributed by atoms with Gasteiger partial charge in [0.2, 0.25) is 11.8 Å². The second kappa shape index (κ2) is 5.23. The standard InChI is InChI=1S/C10H18N2O3/c1-4-12-9(13)5-8(10(12)14)11-7(2)6-15-3/h7-8,11H,4-6H2,1-3H3. The third kappa shape index (κ3) is 2.76. The Morgan fingerprint density at radius 3 is 2.73 bits per heavy atom. The van der Waals surface area contributed by atoms with Gasteiger partial charge in [-0.05, 0) is 13.8 Å². The van der Waals surface area contributed by atoms with Crippen molar-refractivity contribution in [1.82, 2.24) is 10.2 Å². The van der Waals surface area contributed by atoms with E-state index in [1.165, 1.54) is 4.90 Å². The van der Waals surface area contributed by atoms with E-state index in [2.05, 4.69) is 5.32 Å². The fraction of sp³-hybridized carbons (Fsp3) is 0.800. The van der Waals surface area contributed by atoms with E-state index in [0.29, 0.717) is 13.2 Å². The third-order valence-corrected chi connectivity index (χ3v) is 2.46. The van der Waals surface area contributed by atoms with Gasteiger partial charge in [0.15, 0.2) is 0 Å². The largest absolute Gasteiger partial charge is 0.383 e. The lowest BCUT2D eigenvalue weighted by Gasteiger charge is -2.17. The maximum Gasteiger partial charge on any atom is 0.246 e. The molecule has 0 spiro atoms. The molecule has 2 atom stereocenters. The molecule has 1 heterocycles. The highest BCUT2D eigenvalue weighted by molar-refractivity contribution is 6.05. The minimum Gasteiger partial charge on any atom is -0.383 e. The van der Waals surface area contributed by atoms with Crippen molar-refractivity contribution in [3.05, 3.63) is 0 Å². The van der Waals surface area contributed by atoms with Gasteiger partial charge in [-0.1, -0.05) is 0 Å². The Bertz CT molecular complexity index is 255. The Labute approximate surface area is 89.8 Å². The highest BCUT2D eigenvalue weighted by Gasteiger charge is 2.37. The predicted octanol–water partition coefficient (Wildman–Crippen LogP) is -0.242. The predicted molar refractivity (Wildman–Crippen MR) is 55.3 cm³/mol. The quantitative estimate of drug-likeness (QED) is 0.642. The molecule has 1 rings (SSSR count). The second-order valence-electron chi connectivity index (χ2n) is 3.76. The average molecular weight is 214 g/mol. The lowest BCUT2D eigenvalue weighted by atomic mass is 10.2. The maximum atomic E-state index is 11.7. The van der Waals surface area contributed by atoms with Gasteiger partial charge < -0.3 is 10.1 Å². The van der Waals surface area contributed by atoms with Crippen LogP contribution < -0.4 is 5.32 Å². The van der Waals surface area contributed by atoms with Crippen LogP contribution in [-0.4, -0.2) is 49.1 Å². The number of nitrogens with zero attached hydrogens (tertiary/aromatic N) is 1. The molecular weight excluding hydrogens is 196 g/mol. The summed E-state index contributed by atoms with van der Waals surface area (Å²) in [6, 6.07) is -0.295. The van der Waals surface area contributed by atoms with E-state index >= 15 is 0 Å². The molecule has 0 aliphatic carbocycles. The highest BCUT2D eigenvalue weighted by Crippen LogP contribution is 2.12. The molecule has 0 aromatic carbocycles. The van der Waals surface area contributed by atoms with E-state index < -0.39 is 0 Å². The smallest absolute Gasteiger partial charge is 0.246 e. The first-order chi connectivity index (χ1) is 7.10. The Kier molecular flexibility index (Phi) is 4.23. The van der Waals surface area contributed by atoms with E-state index in [9.17, 15) is 9.59 Å². The monoisotopic (exact) mass is 214 g/mol. The number of carbonyl (C=O) groups excluding carboxylic acids is 2.